The van der Waals surface area contributed by atoms with E-state index < -0.39 is 0 Å². The molecule has 2 rings (SSSR count). The van der Waals surface area contributed by atoms with Crippen LogP contribution in [0.2, 0.25) is 5.15 Å². The fraction of sp³-hybridized carbons (Fsp3) is 0. The lowest BCUT2D eigenvalue weighted by Gasteiger charge is -2.05. The highest BCUT2D eigenvalue weighted by Crippen LogP contribution is 2.24. The molecule has 15 heavy (non-hydrogen) atoms. The largest absolute Gasteiger partial charge is 0.436 e. The standard InChI is InChI=1S/C10H6ClIN2O/c11-9-5-13-6-10(14-9)15-8-4-2-1-3-7(8)12/h1-6H. The maximum atomic E-state index is 5.70. The van der Waals surface area contributed by atoms with Gasteiger partial charge in [-0.05, 0) is 34.7 Å². The molecule has 0 radical (unpaired) electrons. The van der Waals surface area contributed by atoms with Crippen LogP contribution in [0.1, 0.15) is 0 Å². The van der Waals surface area contributed by atoms with Crippen LogP contribution in [0.5, 0.6) is 11.6 Å². The van der Waals surface area contributed by atoms with Crippen molar-refractivity contribution in [3.8, 4) is 11.6 Å². The third kappa shape index (κ3) is 2.79. The fourth-order valence-corrected chi connectivity index (χ4v) is 1.65. The van der Waals surface area contributed by atoms with E-state index in [1.54, 1.807) is 0 Å². The lowest BCUT2D eigenvalue weighted by Crippen LogP contribution is -1.90. The van der Waals surface area contributed by atoms with Gasteiger partial charge >= 0.3 is 0 Å². The molecule has 0 unspecified atom stereocenters. The van der Waals surface area contributed by atoms with Gasteiger partial charge in [-0.3, -0.25) is 4.98 Å². The van der Waals surface area contributed by atoms with Crippen LogP contribution in [-0.2, 0) is 0 Å². The number of para-hydroxylation sites is 1. The predicted molar refractivity (Wildman–Crippen MR) is 66.3 cm³/mol. The summed E-state index contributed by atoms with van der Waals surface area (Å²) in [4.78, 5) is 7.88. The summed E-state index contributed by atoms with van der Waals surface area (Å²) >= 11 is 7.89. The summed E-state index contributed by atoms with van der Waals surface area (Å²) in [6, 6.07) is 7.66. The Bertz CT molecular complexity index is 478. The van der Waals surface area contributed by atoms with E-state index in [1.807, 2.05) is 24.3 Å². The zero-order chi connectivity index (χ0) is 10.7. The Morgan fingerprint density at radius 1 is 1.20 bits per heavy atom. The van der Waals surface area contributed by atoms with Crippen molar-refractivity contribution in [2.45, 2.75) is 0 Å². The minimum absolute atomic E-state index is 0.318. The fourth-order valence-electron chi connectivity index (χ4n) is 1.01. The SMILES string of the molecule is Clc1cncc(Oc2ccccc2I)n1. The molecule has 0 saturated heterocycles. The van der Waals surface area contributed by atoms with Crippen molar-refractivity contribution in [2.75, 3.05) is 0 Å². The third-order valence-corrected chi connectivity index (χ3v) is 2.71. The van der Waals surface area contributed by atoms with Gasteiger partial charge in [-0.25, -0.2) is 0 Å². The van der Waals surface area contributed by atoms with E-state index in [0.29, 0.717) is 11.0 Å². The molecule has 0 aliphatic heterocycles. The van der Waals surface area contributed by atoms with Gasteiger partial charge in [0.1, 0.15) is 5.75 Å². The van der Waals surface area contributed by atoms with E-state index in [2.05, 4.69) is 32.6 Å². The molecule has 76 valence electrons. The number of aromatic nitrogens is 2. The quantitative estimate of drug-likeness (QED) is 0.789. The average Bonchev–Trinajstić information content (AvgIpc) is 2.22. The summed E-state index contributed by atoms with van der Waals surface area (Å²) in [6.45, 7) is 0. The number of nitrogens with zero attached hydrogens (tertiary/aromatic N) is 2. The van der Waals surface area contributed by atoms with Crippen molar-refractivity contribution < 1.29 is 4.74 Å². The van der Waals surface area contributed by atoms with Crippen LogP contribution in [0, 0.1) is 3.57 Å². The van der Waals surface area contributed by atoms with Crippen molar-refractivity contribution in [2.24, 2.45) is 0 Å². The molecule has 0 aliphatic rings. The summed E-state index contributed by atoms with van der Waals surface area (Å²) in [5.41, 5.74) is 0. The minimum atomic E-state index is 0.318. The van der Waals surface area contributed by atoms with Crippen molar-refractivity contribution in [1.29, 1.82) is 0 Å². The lowest BCUT2D eigenvalue weighted by atomic mass is 10.3. The van der Waals surface area contributed by atoms with Gasteiger partial charge in [-0.2, -0.15) is 4.98 Å². The Morgan fingerprint density at radius 3 is 2.73 bits per heavy atom. The molecule has 0 amide bonds. The van der Waals surface area contributed by atoms with E-state index in [1.165, 1.54) is 12.4 Å². The highest BCUT2D eigenvalue weighted by molar-refractivity contribution is 14.1. The second-order valence-electron chi connectivity index (χ2n) is 2.71. The van der Waals surface area contributed by atoms with Crippen LogP contribution in [0.4, 0.5) is 0 Å². The average molecular weight is 333 g/mol. The number of hydrogen-bond acceptors (Lipinski definition) is 3. The Morgan fingerprint density at radius 2 is 2.00 bits per heavy atom. The maximum Gasteiger partial charge on any atom is 0.239 e. The first-order valence-corrected chi connectivity index (χ1v) is 5.61. The number of ether oxygens (including phenoxy) is 1. The first-order chi connectivity index (χ1) is 7.25. The van der Waals surface area contributed by atoms with Crippen molar-refractivity contribution in [1.82, 2.24) is 9.97 Å². The van der Waals surface area contributed by atoms with Crippen LogP contribution < -0.4 is 4.74 Å². The van der Waals surface area contributed by atoms with E-state index in [9.17, 15) is 0 Å². The Hall–Kier alpha value is -0.880. The van der Waals surface area contributed by atoms with Crippen molar-refractivity contribution >= 4 is 34.2 Å². The summed E-state index contributed by atoms with van der Waals surface area (Å²) in [7, 11) is 0. The van der Waals surface area contributed by atoms with Gasteiger partial charge in [0.15, 0.2) is 5.15 Å². The highest BCUT2D eigenvalue weighted by Gasteiger charge is 2.03. The molecule has 0 bridgehead atoms. The normalized spacial score (nSPS) is 10.0. The topological polar surface area (TPSA) is 35.0 Å². The molecule has 1 heterocycles. The molecule has 0 fully saturated rings. The first-order valence-electron chi connectivity index (χ1n) is 4.15. The number of benzene rings is 1. The summed E-state index contributed by atoms with van der Waals surface area (Å²) in [6.07, 6.45) is 2.99. The van der Waals surface area contributed by atoms with Crippen LogP contribution in [0.15, 0.2) is 36.7 Å². The van der Waals surface area contributed by atoms with E-state index >= 15 is 0 Å². The lowest BCUT2D eigenvalue weighted by molar-refractivity contribution is 0.457. The molecule has 1 aromatic carbocycles. The molecule has 2 aromatic rings. The van der Waals surface area contributed by atoms with Gasteiger partial charge in [0, 0.05) is 0 Å². The number of hydrogen-bond donors (Lipinski definition) is 0. The Kier molecular flexibility index (Phi) is 3.37. The summed E-state index contributed by atoms with van der Waals surface area (Å²) in [5.74, 6) is 1.14. The van der Waals surface area contributed by atoms with E-state index in [-0.39, 0.29) is 0 Å². The second kappa shape index (κ2) is 4.76. The monoisotopic (exact) mass is 332 g/mol. The van der Waals surface area contributed by atoms with Gasteiger partial charge < -0.3 is 4.74 Å². The van der Waals surface area contributed by atoms with Gasteiger partial charge in [-0.1, -0.05) is 23.7 Å². The van der Waals surface area contributed by atoms with Crippen LogP contribution in [-0.4, -0.2) is 9.97 Å². The molecule has 0 saturated carbocycles. The Balaban J connectivity index is 2.26. The van der Waals surface area contributed by atoms with Gasteiger partial charge in [0.2, 0.25) is 5.88 Å². The predicted octanol–water partition coefficient (Wildman–Crippen LogP) is 3.53. The van der Waals surface area contributed by atoms with Crippen molar-refractivity contribution in [3.05, 3.63) is 45.4 Å². The van der Waals surface area contributed by atoms with Gasteiger partial charge in [-0.15, -0.1) is 0 Å². The Labute approximate surface area is 106 Å². The molecule has 0 aliphatic carbocycles. The molecule has 5 heteroatoms. The minimum Gasteiger partial charge on any atom is -0.436 e. The molecular weight excluding hydrogens is 326 g/mol. The number of rotatable bonds is 2. The maximum absolute atomic E-state index is 5.70. The zero-order valence-electron chi connectivity index (χ0n) is 7.52. The van der Waals surface area contributed by atoms with Crippen LogP contribution in [0.3, 0.4) is 0 Å². The first kappa shape index (κ1) is 10.6. The zero-order valence-corrected chi connectivity index (χ0v) is 10.4. The van der Waals surface area contributed by atoms with Gasteiger partial charge in [0.25, 0.3) is 0 Å². The smallest absolute Gasteiger partial charge is 0.239 e. The third-order valence-electron chi connectivity index (χ3n) is 1.63. The molecule has 1 aromatic heterocycles. The van der Waals surface area contributed by atoms with Crippen LogP contribution in [0.25, 0.3) is 0 Å². The summed E-state index contributed by atoms with van der Waals surface area (Å²) < 4.78 is 6.54. The van der Waals surface area contributed by atoms with Crippen LogP contribution >= 0.6 is 34.2 Å². The van der Waals surface area contributed by atoms with Crippen molar-refractivity contribution in [3.63, 3.8) is 0 Å². The number of halogens is 2. The molecule has 3 nitrogen and oxygen atoms in total. The molecular formula is C10H6ClIN2O. The second-order valence-corrected chi connectivity index (χ2v) is 4.26. The highest BCUT2D eigenvalue weighted by atomic mass is 127. The summed E-state index contributed by atoms with van der Waals surface area (Å²) in [5, 5.41) is 0.318. The molecule has 0 spiro atoms. The van der Waals surface area contributed by atoms with E-state index in [0.717, 1.165) is 9.32 Å². The van der Waals surface area contributed by atoms with Gasteiger partial charge in [0.05, 0.1) is 16.0 Å². The molecule has 0 N–H and O–H groups in total. The molecule has 0 atom stereocenters. The van der Waals surface area contributed by atoms with E-state index in [4.69, 9.17) is 16.3 Å².